The van der Waals surface area contributed by atoms with E-state index >= 15 is 0 Å². The van der Waals surface area contributed by atoms with Crippen molar-refractivity contribution in [3.8, 4) is 0 Å². The molecule has 0 amide bonds. The number of fused-ring (bicyclic) bond motifs is 5. The molecule has 0 aliphatic heterocycles. The molecule has 0 N–H and O–H groups in total. The van der Waals surface area contributed by atoms with E-state index in [1.54, 1.807) is 6.92 Å². The van der Waals surface area contributed by atoms with Crippen LogP contribution in [0.5, 0.6) is 0 Å². The van der Waals surface area contributed by atoms with Crippen molar-refractivity contribution in [2.45, 2.75) is 85.7 Å². The molecule has 0 spiro atoms. The minimum atomic E-state index is -0.157. The number of hydrogen-bond acceptors (Lipinski definition) is 3. The van der Waals surface area contributed by atoms with Crippen molar-refractivity contribution in [1.82, 2.24) is 0 Å². The third kappa shape index (κ3) is 2.76. The number of allylic oxidation sites excluding steroid dienone is 3. The van der Waals surface area contributed by atoms with Crippen LogP contribution in [0, 0.1) is 28.6 Å². The minimum Gasteiger partial charge on any atom is -0.462 e. The van der Waals surface area contributed by atoms with Gasteiger partial charge in [0.25, 0.3) is 0 Å². The molecule has 3 heteroatoms. The lowest BCUT2D eigenvalue weighted by Crippen LogP contribution is -2.50. The normalized spacial score (nSPS) is 43.4. The molecule has 0 saturated heterocycles. The second-order valence-electron chi connectivity index (χ2n) is 10.1. The SMILES string of the molecule is CC(=O)O[C@H]1CCC2(C)C(=CC[C@@H]3[C@@H]2CCC2(C)C(C(C)=O)=C(C)C[C@@H]32)C1. The third-order valence-electron chi connectivity index (χ3n) is 8.66. The van der Waals surface area contributed by atoms with Crippen LogP contribution >= 0.6 is 0 Å². The number of carbonyl (C=O) groups is 2. The van der Waals surface area contributed by atoms with E-state index in [0.717, 1.165) is 44.1 Å². The van der Waals surface area contributed by atoms with Gasteiger partial charge in [-0.1, -0.05) is 31.1 Å². The van der Waals surface area contributed by atoms with Gasteiger partial charge in [0.2, 0.25) is 0 Å². The van der Waals surface area contributed by atoms with Crippen LogP contribution in [-0.2, 0) is 14.3 Å². The zero-order valence-electron chi connectivity index (χ0n) is 17.6. The van der Waals surface area contributed by atoms with E-state index in [0.29, 0.717) is 17.8 Å². The van der Waals surface area contributed by atoms with Crippen molar-refractivity contribution in [3.63, 3.8) is 0 Å². The van der Waals surface area contributed by atoms with E-state index in [9.17, 15) is 9.59 Å². The zero-order chi connectivity index (χ0) is 19.6. The Bertz CT molecular complexity index is 745. The lowest BCUT2D eigenvalue weighted by atomic mass is 9.47. The first-order valence-corrected chi connectivity index (χ1v) is 10.7. The molecule has 2 fully saturated rings. The molecular weight excluding hydrogens is 336 g/mol. The van der Waals surface area contributed by atoms with E-state index in [1.807, 2.05) is 0 Å². The molecule has 4 aliphatic rings. The molecule has 6 atom stereocenters. The highest BCUT2D eigenvalue weighted by molar-refractivity contribution is 5.96. The molecule has 0 aromatic carbocycles. The van der Waals surface area contributed by atoms with Gasteiger partial charge in [-0.15, -0.1) is 0 Å². The summed E-state index contributed by atoms with van der Waals surface area (Å²) in [6.45, 7) is 10.3. The number of hydrogen-bond donors (Lipinski definition) is 0. The van der Waals surface area contributed by atoms with Crippen molar-refractivity contribution in [2.75, 3.05) is 0 Å². The molecule has 3 nitrogen and oxygen atoms in total. The average Bonchev–Trinajstić information content (AvgIpc) is 2.85. The van der Waals surface area contributed by atoms with Gasteiger partial charge < -0.3 is 4.74 Å². The number of ether oxygens (including phenoxy) is 1. The van der Waals surface area contributed by atoms with E-state index in [2.05, 4.69) is 26.8 Å². The highest BCUT2D eigenvalue weighted by Crippen LogP contribution is 2.66. The van der Waals surface area contributed by atoms with Gasteiger partial charge in [0.15, 0.2) is 5.78 Å². The predicted octanol–water partition coefficient (Wildman–Crippen LogP) is 5.40. The molecular formula is C24H34O3. The van der Waals surface area contributed by atoms with Crippen molar-refractivity contribution in [1.29, 1.82) is 0 Å². The fraction of sp³-hybridized carbons (Fsp3) is 0.750. The summed E-state index contributed by atoms with van der Waals surface area (Å²) in [7, 11) is 0. The van der Waals surface area contributed by atoms with Crippen LogP contribution in [0.15, 0.2) is 22.8 Å². The van der Waals surface area contributed by atoms with Crippen molar-refractivity contribution in [3.05, 3.63) is 22.8 Å². The van der Waals surface area contributed by atoms with Gasteiger partial charge in [-0.2, -0.15) is 0 Å². The largest absolute Gasteiger partial charge is 0.462 e. The lowest BCUT2D eigenvalue weighted by Gasteiger charge is -2.57. The molecule has 0 bridgehead atoms. The second-order valence-corrected chi connectivity index (χ2v) is 10.1. The first kappa shape index (κ1) is 19.0. The Balaban J connectivity index is 1.62. The van der Waals surface area contributed by atoms with Crippen LogP contribution in [0.25, 0.3) is 0 Å². The summed E-state index contributed by atoms with van der Waals surface area (Å²) in [5.74, 6) is 2.12. The van der Waals surface area contributed by atoms with Gasteiger partial charge in [0, 0.05) is 13.3 Å². The molecule has 0 aromatic rings. The molecule has 4 aliphatic carbocycles. The Morgan fingerprint density at radius 1 is 1.04 bits per heavy atom. The summed E-state index contributed by atoms with van der Waals surface area (Å²) in [5, 5.41) is 0. The predicted molar refractivity (Wildman–Crippen MR) is 106 cm³/mol. The van der Waals surface area contributed by atoms with Crippen molar-refractivity contribution < 1.29 is 14.3 Å². The number of carbonyl (C=O) groups excluding carboxylic acids is 2. The van der Waals surface area contributed by atoms with Crippen LogP contribution in [0.2, 0.25) is 0 Å². The van der Waals surface area contributed by atoms with E-state index in [4.69, 9.17) is 4.74 Å². The highest BCUT2D eigenvalue weighted by Gasteiger charge is 2.58. The average molecular weight is 371 g/mol. The van der Waals surface area contributed by atoms with Gasteiger partial charge in [-0.3, -0.25) is 9.59 Å². The molecule has 0 aromatic heterocycles. The van der Waals surface area contributed by atoms with Crippen LogP contribution in [0.4, 0.5) is 0 Å². The molecule has 4 rings (SSSR count). The Labute approximate surface area is 163 Å². The van der Waals surface area contributed by atoms with Gasteiger partial charge in [0.1, 0.15) is 6.10 Å². The lowest BCUT2D eigenvalue weighted by molar-refractivity contribution is -0.148. The fourth-order valence-corrected chi connectivity index (χ4v) is 7.59. The Morgan fingerprint density at radius 3 is 2.41 bits per heavy atom. The quantitative estimate of drug-likeness (QED) is 0.483. The van der Waals surface area contributed by atoms with E-state index in [1.165, 1.54) is 24.5 Å². The monoisotopic (exact) mass is 370 g/mol. The van der Waals surface area contributed by atoms with Gasteiger partial charge in [-0.05, 0) is 86.5 Å². The fourth-order valence-electron chi connectivity index (χ4n) is 7.59. The molecule has 27 heavy (non-hydrogen) atoms. The topological polar surface area (TPSA) is 43.4 Å². The summed E-state index contributed by atoms with van der Waals surface area (Å²) in [6, 6.07) is 0. The summed E-state index contributed by atoms with van der Waals surface area (Å²) in [4.78, 5) is 23.8. The second kappa shape index (κ2) is 6.32. The first-order valence-electron chi connectivity index (χ1n) is 10.7. The maximum atomic E-state index is 12.4. The Kier molecular flexibility index (Phi) is 4.44. The first-order chi connectivity index (χ1) is 12.7. The minimum absolute atomic E-state index is 0.0620. The van der Waals surface area contributed by atoms with Crippen molar-refractivity contribution >= 4 is 11.8 Å². The van der Waals surface area contributed by atoms with Crippen LogP contribution in [-0.4, -0.2) is 17.9 Å². The van der Waals surface area contributed by atoms with E-state index < -0.39 is 0 Å². The van der Waals surface area contributed by atoms with E-state index in [-0.39, 0.29) is 28.7 Å². The Hall–Kier alpha value is -1.38. The maximum Gasteiger partial charge on any atom is 0.302 e. The number of ketones is 1. The maximum absolute atomic E-state index is 12.4. The molecule has 0 heterocycles. The zero-order valence-corrected chi connectivity index (χ0v) is 17.6. The van der Waals surface area contributed by atoms with Gasteiger partial charge >= 0.3 is 5.97 Å². The van der Waals surface area contributed by atoms with Crippen LogP contribution < -0.4 is 0 Å². The number of Topliss-reactive ketones (excluding diaryl/α,β-unsaturated/α-hetero) is 1. The molecule has 0 radical (unpaired) electrons. The van der Waals surface area contributed by atoms with Crippen molar-refractivity contribution in [2.24, 2.45) is 28.6 Å². The van der Waals surface area contributed by atoms with Gasteiger partial charge in [-0.25, -0.2) is 0 Å². The number of rotatable bonds is 2. The smallest absolute Gasteiger partial charge is 0.302 e. The third-order valence-corrected chi connectivity index (χ3v) is 8.66. The Morgan fingerprint density at radius 2 is 1.74 bits per heavy atom. The summed E-state index contributed by atoms with van der Waals surface area (Å²) in [6.07, 6.45) is 10.1. The molecule has 2 saturated carbocycles. The molecule has 2 unspecified atom stereocenters. The summed E-state index contributed by atoms with van der Waals surface area (Å²) in [5.41, 5.74) is 4.33. The molecule has 148 valence electrons. The highest BCUT2D eigenvalue weighted by atomic mass is 16.5. The summed E-state index contributed by atoms with van der Waals surface area (Å²) < 4.78 is 5.54. The number of esters is 1. The van der Waals surface area contributed by atoms with Crippen LogP contribution in [0.3, 0.4) is 0 Å². The standard InChI is InChI=1S/C24H34O3/c1-14-12-21-19-7-6-17-13-18(27-16(3)26)8-10-23(17,4)20(19)9-11-24(21,5)22(14)15(2)25/h6,18-21H,7-13H2,1-5H3/t18-,19+,20-,21-,23?,24?/m0/s1. The van der Waals surface area contributed by atoms with Crippen LogP contribution in [0.1, 0.15) is 79.6 Å². The van der Waals surface area contributed by atoms with Gasteiger partial charge in [0.05, 0.1) is 0 Å². The summed E-state index contributed by atoms with van der Waals surface area (Å²) >= 11 is 0.